The maximum absolute atomic E-state index is 10.1. The van der Waals surface area contributed by atoms with Gasteiger partial charge in [0.15, 0.2) is 0 Å². The predicted octanol–water partition coefficient (Wildman–Crippen LogP) is 3.59. The molecule has 0 aliphatic heterocycles. The van der Waals surface area contributed by atoms with E-state index >= 15 is 0 Å². The van der Waals surface area contributed by atoms with E-state index in [2.05, 4.69) is 36.5 Å². The average molecular weight is 261 g/mol. The second-order valence-electron chi connectivity index (χ2n) is 5.75. The molecule has 2 heteroatoms. The molecular weight excluding hydrogens is 234 g/mol. The van der Waals surface area contributed by atoms with Crippen molar-refractivity contribution in [2.24, 2.45) is 0 Å². The van der Waals surface area contributed by atoms with E-state index in [-0.39, 0.29) is 6.10 Å². The summed E-state index contributed by atoms with van der Waals surface area (Å²) in [5.74, 6) is 0. The Morgan fingerprint density at radius 1 is 1.16 bits per heavy atom. The molecule has 19 heavy (non-hydrogen) atoms. The molecule has 1 aromatic carbocycles. The second kappa shape index (κ2) is 7.66. The third-order valence-corrected chi connectivity index (χ3v) is 3.86. The highest BCUT2D eigenvalue weighted by atomic mass is 16.3. The van der Waals surface area contributed by atoms with Gasteiger partial charge in [-0.05, 0) is 36.8 Å². The third kappa shape index (κ3) is 5.33. The van der Waals surface area contributed by atoms with Gasteiger partial charge in [0.05, 0.1) is 6.10 Å². The Morgan fingerprint density at radius 2 is 1.89 bits per heavy atom. The number of hydrogen-bond acceptors (Lipinski definition) is 2. The Kier molecular flexibility index (Phi) is 5.87. The summed E-state index contributed by atoms with van der Waals surface area (Å²) in [6.07, 6.45) is 8.56. The SMILES string of the molecule is CCCCCCc1ccc(C(O)CNC2CC2)cc1. The van der Waals surface area contributed by atoms with E-state index in [4.69, 9.17) is 0 Å². The minimum atomic E-state index is -0.366. The summed E-state index contributed by atoms with van der Waals surface area (Å²) < 4.78 is 0. The van der Waals surface area contributed by atoms with Gasteiger partial charge in [0.1, 0.15) is 0 Å². The molecular formula is C17H27NO. The smallest absolute Gasteiger partial charge is 0.0914 e. The van der Waals surface area contributed by atoms with Gasteiger partial charge < -0.3 is 10.4 Å². The van der Waals surface area contributed by atoms with Gasteiger partial charge in [-0.1, -0.05) is 50.5 Å². The number of hydrogen-bond donors (Lipinski definition) is 2. The molecule has 0 amide bonds. The molecule has 1 aliphatic rings. The van der Waals surface area contributed by atoms with Crippen LogP contribution in [0.25, 0.3) is 0 Å². The minimum Gasteiger partial charge on any atom is -0.387 e. The Morgan fingerprint density at radius 3 is 2.53 bits per heavy atom. The van der Waals surface area contributed by atoms with E-state index in [0.717, 1.165) is 12.0 Å². The maximum atomic E-state index is 10.1. The Labute approximate surface area is 117 Å². The summed E-state index contributed by atoms with van der Waals surface area (Å²) in [6.45, 7) is 2.92. The highest BCUT2D eigenvalue weighted by molar-refractivity contribution is 5.24. The molecule has 1 aliphatic carbocycles. The predicted molar refractivity (Wildman–Crippen MR) is 80.3 cm³/mol. The molecule has 0 bridgehead atoms. The van der Waals surface area contributed by atoms with Crippen LogP contribution < -0.4 is 5.32 Å². The van der Waals surface area contributed by atoms with Gasteiger partial charge in [0.2, 0.25) is 0 Å². The molecule has 1 fully saturated rings. The topological polar surface area (TPSA) is 32.3 Å². The molecule has 0 saturated heterocycles. The number of unbranched alkanes of at least 4 members (excludes halogenated alkanes) is 3. The molecule has 106 valence electrons. The summed E-state index contributed by atoms with van der Waals surface area (Å²) in [7, 11) is 0. The van der Waals surface area contributed by atoms with Gasteiger partial charge in [0, 0.05) is 12.6 Å². The fourth-order valence-electron chi connectivity index (χ4n) is 2.35. The van der Waals surface area contributed by atoms with Crippen molar-refractivity contribution in [3.63, 3.8) is 0 Å². The molecule has 2 rings (SSSR count). The van der Waals surface area contributed by atoms with Crippen LogP contribution >= 0.6 is 0 Å². The molecule has 1 unspecified atom stereocenters. The standard InChI is InChI=1S/C17H27NO/c1-2-3-4-5-6-14-7-9-15(10-8-14)17(19)13-18-16-11-12-16/h7-10,16-19H,2-6,11-13H2,1H3. The zero-order chi connectivity index (χ0) is 13.5. The van der Waals surface area contributed by atoms with Crippen LogP contribution in [0.15, 0.2) is 24.3 Å². The van der Waals surface area contributed by atoms with Crippen LogP contribution in [-0.2, 0) is 6.42 Å². The van der Waals surface area contributed by atoms with Crippen molar-refractivity contribution in [1.29, 1.82) is 0 Å². The van der Waals surface area contributed by atoms with Crippen molar-refractivity contribution in [1.82, 2.24) is 5.32 Å². The van der Waals surface area contributed by atoms with Crippen molar-refractivity contribution < 1.29 is 5.11 Å². The Balaban J connectivity index is 1.72. The minimum absolute atomic E-state index is 0.366. The average Bonchev–Trinajstić information content (AvgIpc) is 3.26. The van der Waals surface area contributed by atoms with Crippen LogP contribution in [0, 0.1) is 0 Å². The van der Waals surface area contributed by atoms with Crippen molar-refractivity contribution >= 4 is 0 Å². The van der Waals surface area contributed by atoms with Gasteiger partial charge in [-0.3, -0.25) is 0 Å². The lowest BCUT2D eigenvalue weighted by Gasteiger charge is -2.12. The molecule has 1 aromatic rings. The van der Waals surface area contributed by atoms with Crippen LogP contribution in [0.3, 0.4) is 0 Å². The van der Waals surface area contributed by atoms with Crippen LogP contribution in [0.4, 0.5) is 0 Å². The first kappa shape index (κ1) is 14.5. The second-order valence-corrected chi connectivity index (χ2v) is 5.75. The van der Waals surface area contributed by atoms with Gasteiger partial charge in [-0.25, -0.2) is 0 Å². The van der Waals surface area contributed by atoms with Gasteiger partial charge in [-0.15, -0.1) is 0 Å². The van der Waals surface area contributed by atoms with E-state index in [0.29, 0.717) is 12.6 Å². The molecule has 0 spiro atoms. The lowest BCUT2D eigenvalue weighted by Crippen LogP contribution is -2.23. The maximum Gasteiger partial charge on any atom is 0.0914 e. The first-order valence-corrected chi connectivity index (χ1v) is 7.80. The van der Waals surface area contributed by atoms with E-state index in [9.17, 15) is 5.11 Å². The molecule has 0 aromatic heterocycles. The Bertz CT molecular complexity index is 356. The molecule has 0 radical (unpaired) electrons. The number of rotatable bonds is 9. The van der Waals surface area contributed by atoms with E-state index < -0.39 is 0 Å². The normalized spacial score (nSPS) is 16.5. The highest BCUT2D eigenvalue weighted by Gasteiger charge is 2.21. The van der Waals surface area contributed by atoms with Gasteiger partial charge >= 0.3 is 0 Å². The highest BCUT2D eigenvalue weighted by Crippen LogP contribution is 2.20. The molecule has 1 saturated carbocycles. The van der Waals surface area contributed by atoms with E-state index in [1.54, 1.807) is 0 Å². The summed E-state index contributed by atoms with van der Waals surface area (Å²) in [6, 6.07) is 9.15. The van der Waals surface area contributed by atoms with E-state index in [1.165, 1.54) is 44.1 Å². The number of aliphatic hydroxyl groups is 1. The summed E-state index contributed by atoms with van der Waals surface area (Å²) >= 11 is 0. The number of aryl methyl sites for hydroxylation is 1. The van der Waals surface area contributed by atoms with Crippen LogP contribution in [0.1, 0.15) is 62.7 Å². The van der Waals surface area contributed by atoms with Crippen molar-refractivity contribution in [3.05, 3.63) is 35.4 Å². The number of benzene rings is 1. The zero-order valence-electron chi connectivity index (χ0n) is 12.1. The molecule has 2 nitrogen and oxygen atoms in total. The summed E-state index contributed by atoms with van der Waals surface area (Å²) in [5.41, 5.74) is 2.42. The van der Waals surface area contributed by atoms with Gasteiger partial charge in [-0.2, -0.15) is 0 Å². The Hall–Kier alpha value is -0.860. The zero-order valence-corrected chi connectivity index (χ0v) is 12.1. The van der Waals surface area contributed by atoms with Crippen LogP contribution in [-0.4, -0.2) is 17.7 Å². The monoisotopic (exact) mass is 261 g/mol. The van der Waals surface area contributed by atoms with Crippen LogP contribution in [0.5, 0.6) is 0 Å². The summed E-state index contributed by atoms with van der Waals surface area (Å²) in [5, 5.41) is 13.4. The van der Waals surface area contributed by atoms with Gasteiger partial charge in [0.25, 0.3) is 0 Å². The number of aliphatic hydroxyl groups excluding tert-OH is 1. The van der Waals surface area contributed by atoms with E-state index in [1.807, 2.05) is 0 Å². The van der Waals surface area contributed by atoms with Crippen molar-refractivity contribution in [2.75, 3.05) is 6.54 Å². The fraction of sp³-hybridized carbons (Fsp3) is 0.647. The fourth-order valence-corrected chi connectivity index (χ4v) is 2.35. The molecule has 1 atom stereocenters. The number of nitrogens with one attached hydrogen (secondary N) is 1. The third-order valence-electron chi connectivity index (χ3n) is 3.86. The van der Waals surface area contributed by atoms with Crippen molar-refractivity contribution in [3.8, 4) is 0 Å². The first-order chi connectivity index (χ1) is 9.29. The summed E-state index contributed by atoms with van der Waals surface area (Å²) in [4.78, 5) is 0. The van der Waals surface area contributed by atoms with Crippen LogP contribution in [0.2, 0.25) is 0 Å². The lowest BCUT2D eigenvalue weighted by atomic mass is 10.0. The largest absolute Gasteiger partial charge is 0.387 e. The molecule has 0 heterocycles. The van der Waals surface area contributed by atoms with Crippen molar-refractivity contribution in [2.45, 2.75) is 64.0 Å². The lowest BCUT2D eigenvalue weighted by molar-refractivity contribution is 0.174. The quantitative estimate of drug-likeness (QED) is 0.666. The first-order valence-electron chi connectivity index (χ1n) is 7.80. The molecule has 2 N–H and O–H groups in total.